The summed E-state index contributed by atoms with van der Waals surface area (Å²) in [6.45, 7) is 8.78. The number of amides is 1. The highest BCUT2D eigenvalue weighted by atomic mass is 32.2. The second-order valence-electron chi connectivity index (χ2n) is 7.74. The minimum Gasteiger partial charge on any atom is -0.459 e. The molecule has 4 rings (SSSR count). The molecule has 5 nitrogen and oxygen atoms in total. The molecule has 6 heteroatoms. The number of piperazine rings is 1. The second-order valence-corrected chi connectivity index (χ2v) is 8.79. The zero-order chi connectivity index (χ0) is 21.5. The van der Waals surface area contributed by atoms with Crippen LogP contribution in [0.15, 0.2) is 76.2 Å². The van der Waals surface area contributed by atoms with Crippen LogP contribution in [0.4, 0.5) is 5.69 Å². The molecule has 162 valence electrons. The summed E-state index contributed by atoms with van der Waals surface area (Å²) in [7, 11) is 0. The van der Waals surface area contributed by atoms with Gasteiger partial charge in [-0.3, -0.25) is 9.69 Å². The number of hydrogen-bond donors (Lipinski definition) is 1. The maximum Gasteiger partial charge on any atom is 0.291 e. The van der Waals surface area contributed by atoms with Gasteiger partial charge in [-0.1, -0.05) is 37.3 Å². The molecule has 1 aliphatic heterocycles. The molecule has 0 radical (unpaired) electrons. The van der Waals surface area contributed by atoms with Gasteiger partial charge in [0.05, 0.1) is 6.26 Å². The Balaban J connectivity index is 1.30. The third-order valence-corrected chi connectivity index (χ3v) is 6.68. The van der Waals surface area contributed by atoms with E-state index in [1.54, 1.807) is 18.0 Å². The normalized spacial score (nSPS) is 15.1. The van der Waals surface area contributed by atoms with Crippen LogP contribution in [0.5, 0.6) is 0 Å². The number of hydrogen-bond acceptors (Lipinski definition) is 5. The Morgan fingerprint density at radius 2 is 1.68 bits per heavy atom. The highest BCUT2D eigenvalue weighted by Crippen LogP contribution is 2.25. The summed E-state index contributed by atoms with van der Waals surface area (Å²) in [5.74, 6) is 0.853. The number of thioether (sulfide) groups is 1. The third kappa shape index (κ3) is 6.00. The highest BCUT2D eigenvalue weighted by molar-refractivity contribution is 7.98. The van der Waals surface area contributed by atoms with Crippen LogP contribution in [0.1, 0.15) is 28.6 Å². The molecule has 31 heavy (non-hydrogen) atoms. The molecule has 1 aliphatic rings. The van der Waals surface area contributed by atoms with E-state index in [2.05, 4.69) is 46.3 Å². The van der Waals surface area contributed by atoms with Gasteiger partial charge in [-0.05, 0) is 42.4 Å². The minimum atomic E-state index is -0.211. The monoisotopic (exact) mass is 435 g/mol. The Hall–Kier alpha value is -2.54. The molecule has 1 N–H and O–H groups in total. The van der Waals surface area contributed by atoms with Gasteiger partial charge in [0.25, 0.3) is 5.91 Å². The van der Waals surface area contributed by atoms with Crippen LogP contribution < -0.4 is 5.32 Å². The van der Waals surface area contributed by atoms with Gasteiger partial charge >= 0.3 is 0 Å². The van der Waals surface area contributed by atoms with E-state index >= 15 is 0 Å². The lowest BCUT2D eigenvalue weighted by Gasteiger charge is -2.34. The number of likely N-dealkylation sites (N-methyl/N-ethyl adjacent to an activating group) is 1. The van der Waals surface area contributed by atoms with Crippen LogP contribution in [-0.2, 0) is 12.3 Å². The van der Waals surface area contributed by atoms with Gasteiger partial charge in [0.1, 0.15) is 0 Å². The lowest BCUT2D eigenvalue weighted by molar-refractivity contribution is 0.0995. The first kappa shape index (κ1) is 21.7. The topological polar surface area (TPSA) is 48.7 Å². The summed E-state index contributed by atoms with van der Waals surface area (Å²) in [4.78, 5) is 18.9. The number of carbonyl (C=O) groups excluding carboxylic acids is 1. The van der Waals surface area contributed by atoms with Crippen LogP contribution in [0, 0.1) is 0 Å². The maximum atomic E-state index is 12.7. The van der Waals surface area contributed by atoms with Gasteiger partial charge in [0, 0.05) is 54.6 Å². The number of anilines is 1. The highest BCUT2D eigenvalue weighted by Gasteiger charge is 2.17. The molecule has 2 heterocycles. The molecule has 0 saturated carbocycles. The number of nitrogens with zero attached hydrogens (tertiary/aromatic N) is 2. The zero-order valence-electron chi connectivity index (χ0n) is 17.9. The molecule has 3 aromatic rings. The fourth-order valence-electron chi connectivity index (χ4n) is 3.73. The Morgan fingerprint density at radius 1 is 0.968 bits per heavy atom. The molecule has 0 atom stereocenters. The largest absolute Gasteiger partial charge is 0.459 e. The van der Waals surface area contributed by atoms with E-state index < -0.39 is 0 Å². The summed E-state index contributed by atoms with van der Waals surface area (Å²) >= 11 is 1.69. The quantitative estimate of drug-likeness (QED) is 0.507. The summed E-state index contributed by atoms with van der Waals surface area (Å²) in [6.07, 6.45) is 1.58. The minimum absolute atomic E-state index is 0.211. The van der Waals surface area contributed by atoms with E-state index in [0.29, 0.717) is 11.5 Å². The van der Waals surface area contributed by atoms with Crippen molar-refractivity contribution in [3.8, 4) is 0 Å². The Morgan fingerprint density at radius 3 is 2.39 bits per heavy atom. The average Bonchev–Trinajstić information content (AvgIpc) is 3.29. The van der Waals surface area contributed by atoms with Gasteiger partial charge in [-0.2, -0.15) is 0 Å². The van der Waals surface area contributed by atoms with Crippen LogP contribution in [0.3, 0.4) is 0 Å². The van der Waals surface area contributed by atoms with E-state index in [-0.39, 0.29) is 5.91 Å². The number of rotatable bonds is 8. The number of benzene rings is 2. The average molecular weight is 436 g/mol. The number of nitrogens with one attached hydrogen (secondary N) is 1. The maximum absolute atomic E-state index is 12.7. The van der Waals surface area contributed by atoms with Crippen LogP contribution in [0.25, 0.3) is 0 Å². The molecule has 1 amide bonds. The fourth-order valence-corrected chi connectivity index (χ4v) is 4.63. The SMILES string of the molecule is CCN1CCN(Cc2ccc(NC(=O)c3occc3CSc3ccccc3)cc2)CC1. The zero-order valence-corrected chi connectivity index (χ0v) is 18.7. The molecule has 2 aromatic carbocycles. The van der Waals surface area contributed by atoms with Crippen molar-refractivity contribution in [3.05, 3.63) is 83.8 Å². The van der Waals surface area contributed by atoms with Crippen molar-refractivity contribution in [1.29, 1.82) is 0 Å². The molecule has 1 fully saturated rings. The lowest BCUT2D eigenvalue weighted by Crippen LogP contribution is -2.45. The predicted octanol–water partition coefficient (Wildman–Crippen LogP) is 4.96. The Bertz CT molecular complexity index is 964. The first-order chi connectivity index (χ1) is 15.2. The van der Waals surface area contributed by atoms with E-state index in [1.165, 1.54) is 10.5 Å². The molecular formula is C25H29N3O2S. The van der Waals surface area contributed by atoms with Gasteiger partial charge in [0.2, 0.25) is 0 Å². The third-order valence-electron chi connectivity index (χ3n) is 5.62. The Labute approximate surface area is 188 Å². The van der Waals surface area contributed by atoms with Crippen LogP contribution in [0.2, 0.25) is 0 Å². The van der Waals surface area contributed by atoms with Gasteiger partial charge in [-0.25, -0.2) is 0 Å². The van der Waals surface area contributed by atoms with Crippen LogP contribution in [-0.4, -0.2) is 48.4 Å². The van der Waals surface area contributed by atoms with E-state index in [4.69, 9.17) is 4.42 Å². The van der Waals surface area contributed by atoms with Crippen molar-refractivity contribution in [2.24, 2.45) is 0 Å². The first-order valence-corrected chi connectivity index (χ1v) is 11.8. The van der Waals surface area contributed by atoms with E-state index in [9.17, 15) is 4.79 Å². The van der Waals surface area contributed by atoms with Gasteiger partial charge < -0.3 is 14.6 Å². The summed E-state index contributed by atoms with van der Waals surface area (Å²) < 4.78 is 5.49. The Kier molecular flexibility index (Phi) is 7.46. The molecule has 1 aromatic heterocycles. The first-order valence-electron chi connectivity index (χ1n) is 10.8. The molecular weight excluding hydrogens is 406 g/mol. The van der Waals surface area contributed by atoms with Crippen molar-refractivity contribution in [2.75, 3.05) is 38.0 Å². The fraction of sp³-hybridized carbons (Fsp3) is 0.320. The van der Waals surface area contributed by atoms with E-state index in [0.717, 1.165) is 50.5 Å². The predicted molar refractivity (Wildman–Crippen MR) is 126 cm³/mol. The van der Waals surface area contributed by atoms with E-state index in [1.807, 2.05) is 36.4 Å². The van der Waals surface area contributed by atoms with Crippen molar-refractivity contribution in [2.45, 2.75) is 24.1 Å². The number of carbonyl (C=O) groups is 1. The molecule has 0 bridgehead atoms. The van der Waals surface area contributed by atoms with Crippen molar-refractivity contribution >= 4 is 23.4 Å². The standard InChI is InChI=1S/C25H29N3O2S/c1-2-27-13-15-28(16-14-27)18-20-8-10-22(11-9-20)26-25(29)24-21(12-17-30-24)19-31-23-6-4-3-5-7-23/h3-12,17H,2,13-16,18-19H2,1H3,(H,26,29). The molecule has 1 saturated heterocycles. The second kappa shape index (κ2) is 10.7. The molecule has 0 unspecified atom stereocenters. The number of furan rings is 1. The summed E-state index contributed by atoms with van der Waals surface area (Å²) in [6, 6.07) is 20.1. The summed E-state index contributed by atoms with van der Waals surface area (Å²) in [5.41, 5.74) is 2.94. The van der Waals surface area contributed by atoms with Gasteiger partial charge in [0.15, 0.2) is 5.76 Å². The van der Waals surface area contributed by atoms with Crippen LogP contribution >= 0.6 is 11.8 Å². The molecule has 0 spiro atoms. The van der Waals surface area contributed by atoms with Crippen molar-refractivity contribution < 1.29 is 9.21 Å². The smallest absolute Gasteiger partial charge is 0.291 e. The molecule has 0 aliphatic carbocycles. The van der Waals surface area contributed by atoms with Crippen molar-refractivity contribution in [3.63, 3.8) is 0 Å². The lowest BCUT2D eigenvalue weighted by atomic mass is 10.1. The summed E-state index contributed by atoms with van der Waals surface area (Å²) in [5, 5.41) is 2.96. The van der Waals surface area contributed by atoms with Gasteiger partial charge in [-0.15, -0.1) is 11.8 Å². The van der Waals surface area contributed by atoms with Crippen molar-refractivity contribution in [1.82, 2.24) is 9.80 Å².